The number of piperidine rings is 1. The number of amides is 1. The number of fused-ring (bicyclic) bond motifs is 1. The predicted molar refractivity (Wildman–Crippen MR) is 150 cm³/mol. The van der Waals surface area contributed by atoms with E-state index in [1.54, 1.807) is 29.6 Å². The Kier molecular flexibility index (Phi) is 7.90. The minimum Gasteiger partial charge on any atom is -0.340 e. The standard InChI is InChI=1S/C26H34Cl2N6O3S/c1-16-24(29-15-30-25(16)31-19-4-5-22(27)23(28)12-19)26(35)33-8-6-20(7-9-33)34-13-17-10-21(11-18(17)14-34)32(2)38(3,36)37/h4-5,12,15,17-18,20-21H,6-11,13-14H2,1-3H3,(H,29,30,31)/t17-,18+,21-. The van der Waals surface area contributed by atoms with Crippen LogP contribution in [0, 0.1) is 18.8 Å². The molecule has 3 aliphatic rings. The molecule has 1 amide bonds. The summed E-state index contributed by atoms with van der Waals surface area (Å²) in [6.07, 6.45) is 6.43. The second-order valence-corrected chi connectivity index (χ2v) is 13.7. The van der Waals surface area contributed by atoms with Gasteiger partial charge in [-0.3, -0.25) is 9.69 Å². The first-order chi connectivity index (χ1) is 18.0. The molecule has 1 aliphatic carbocycles. The Bertz CT molecular complexity index is 1300. The third-order valence-corrected chi connectivity index (χ3v) is 10.6. The number of nitrogens with zero attached hydrogens (tertiary/aromatic N) is 5. The van der Waals surface area contributed by atoms with Gasteiger partial charge in [-0.05, 0) is 62.6 Å². The van der Waals surface area contributed by atoms with E-state index < -0.39 is 10.0 Å². The molecular weight excluding hydrogens is 547 g/mol. The summed E-state index contributed by atoms with van der Waals surface area (Å²) >= 11 is 12.1. The first-order valence-electron chi connectivity index (χ1n) is 13.0. The van der Waals surface area contributed by atoms with Gasteiger partial charge < -0.3 is 10.2 Å². The van der Waals surface area contributed by atoms with Crippen molar-refractivity contribution in [3.05, 3.63) is 45.8 Å². The van der Waals surface area contributed by atoms with Crippen LogP contribution < -0.4 is 5.32 Å². The molecule has 2 aromatic rings. The average molecular weight is 582 g/mol. The van der Waals surface area contributed by atoms with Crippen molar-refractivity contribution in [1.29, 1.82) is 0 Å². The van der Waals surface area contributed by atoms with Crippen LogP contribution in [0.25, 0.3) is 0 Å². The minimum atomic E-state index is -3.15. The van der Waals surface area contributed by atoms with E-state index in [9.17, 15) is 13.2 Å². The molecule has 1 N–H and O–H groups in total. The van der Waals surface area contributed by atoms with Crippen molar-refractivity contribution in [3.8, 4) is 0 Å². The van der Waals surface area contributed by atoms with E-state index in [0.29, 0.717) is 58.1 Å². The second kappa shape index (κ2) is 10.9. The summed E-state index contributed by atoms with van der Waals surface area (Å²) in [4.78, 5) is 26.5. The number of anilines is 2. The highest BCUT2D eigenvalue weighted by Gasteiger charge is 2.45. The highest BCUT2D eigenvalue weighted by molar-refractivity contribution is 7.88. The minimum absolute atomic E-state index is 0.0783. The molecule has 1 aromatic heterocycles. The second-order valence-electron chi connectivity index (χ2n) is 10.9. The van der Waals surface area contributed by atoms with Crippen molar-refractivity contribution in [2.24, 2.45) is 11.8 Å². The molecule has 2 aliphatic heterocycles. The first kappa shape index (κ1) is 27.6. The Balaban J connectivity index is 1.16. The van der Waals surface area contributed by atoms with E-state index in [1.165, 1.54) is 12.6 Å². The van der Waals surface area contributed by atoms with Crippen molar-refractivity contribution >= 4 is 50.6 Å². The number of benzene rings is 1. The molecule has 5 rings (SSSR count). The average Bonchev–Trinajstić information content (AvgIpc) is 3.46. The van der Waals surface area contributed by atoms with E-state index in [2.05, 4.69) is 20.2 Å². The third kappa shape index (κ3) is 5.65. The van der Waals surface area contributed by atoms with Crippen molar-refractivity contribution in [1.82, 2.24) is 24.1 Å². The van der Waals surface area contributed by atoms with Crippen LogP contribution in [0.4, 0.5) is 11.5 Å². The summed E-state index contributed by atoms with van der Waals surface area (Å²) in [5.41, 5.74) is 1.81. The van der Waals surface area contributed by atoms with Crippen molar-refractivity contribution < 1.29 is 13.2 Å². The molecule has 0 radical (unpaired) electrons. The van der Waals surface area contributed by atoms with Crippen LogP contribution in [0.5, 0.6) is 0 Å². The molecule has 0 bridgehead atoms. The van der Waals surface area contributed by atoms with E-state index in [-0.39, 0.29) is 11.9 Å². The summed E-state index contributed by atoms with van der Waals surface area (Å²) in [6, 6.07) is 5.80. The zero-order chi connectivity index (χ0) is 27.2. The number of sulfonamides is 1. The van der Waals surface area contributed by atoms with Crippen molar-refractivity contribution in [2.75, 3.05) is 44.8 Å². The fourth-order valence-corrected chi connectivity index (χ4v) is 7.27. The number of likely N-dealkylation sites (tertiary alicyclic amines) is 2. The van der Waals surface area contributed by atoms with Gasteiger partial charge in [-0.2, -0.15) is 0 Å². The lowest BCUT2D eigenvalue weighted by atomic mass is 10.0. The van der Waals surface area contributed by atoms with Gasteiger partial charge in [0.1, 0.15) is 17.8 Å². The number of rotatable bonds is 6. The van der Waals surface area contributed by atoms with Crippen LogP contribution in [-0.4, -0.2) is 90.0 Å². The molecule has 1 saturated carbocycles. The molecule has 0 spiro atoms. The van der Waals surface area contributed by atoms with Gasteiger partial charge in [0.05, 0.1) is 16.3 Å². The Hall–Kier alpha value is -1.98. The van der Waals surface area contributed by atoms with E-state index in [0.717, 1.165) is 44.5 Å². The Labute approximate surface area is 234 Å². The smallest absolute Gasteiger partial charge is 0.272 e. The van der Waals surface area contributed by atoms with Crippen LogP contribution >= 0.6 is 23.2 Å². The molecule has 206 valence electrons. The van der Waals surface area contributed by atoms with Gasteiger partial charge in [-0.15, -0.1) is 0 Å². The lowest BCUT2D eigenvalue weighted by molar-refractivity contribution is 0.0628. The van der Waals surface area contributed by atoms with E-state index in [1.807, 2.05) is 11.8 Å². The zero-order valence-corrected chi connectivity index (χ0v) is 24.2. The molecule has 3 heterocycles. The number of aromatic nitrogens is 2. The van der Waals surface area contributed by atoms with Gasteiger partial charge in [0.15, 0.2) is 0 Å². The highest BCUT2D eigenvalue weighted by atomic mass is 35.5. The van der Waals surface area contributed by atoms with Crippen LogP contribution in [0.1, 0.15) is 41.7 Å². The molecule has 12 heteroatoms. The normalized spacial score (nSPS) is 24.7. The summed E-state index contributed by atoms with van der Waals surface area (Å²) in [5, 5.41) is 4.12. The molecule has 3 fully saturated rings. The largest absolute Gasteiger partial charge is 0.340 e. The number of carbonyl (C=O) groups is 1. The molecule has 0 unspecified atom stereocenters. The zero-order valence-electron chi connectivity index (χ0n) is 21.9. The molecule has 2 saturated heterocycles. The quantitative estimate of drug-likeness (QED) is 0.550. The summed E-state index contributed by atoms with van der Waals surface area (Å²) < 4.78 is 25.4. The van der Waals surface area contributed by atoms with Crippen LogP contribution in [-0.2, 0) is 10.0 Å². The molecular formula is C26H34Cl2N6O3S. The summed E-state index contributed by atoms with van der Waals surface area (Å²) in [5.74, 6) is 1.58. The Morgan fingerprint density at radius 3 is 2.34 bits per heavy atom. The van der Waals surface area contributed by atoms with E-state index >= 15 is 0 Å². The fourth-order valence-electron chi connectivity index (χ4n) is 6.26. The number of hydrogen-bond donors (Lipinski definition) is 1. The maximum absolute atomic E-state index is 13.4. The SMILES string of the molecule is Cc1c(Nc2ccc(Cl)c(Cl)c2)ncnc1C(=O)N1CCC(N2C[C@H]3C[C@@H](N(C)S(C)(=O)=O)C[C@H]3C2)CC1. The summed E-state index contributed by atoms with van der Waals surface area (Å²) in [6.45, 7) is 5.26. The molecule has 1 aromatic carbocycles. The molecule has 38 heavy (non-hydrogen) atoms. The first-order valence-corrected chi connectivity index (χ1v) is 15.6. The Morgan fingerprint density at radius 1 is 1.08 bits per heavy atom. The van der Waals surface area contributed by atoms with E-state index in [4.69, 9.17) is 23.2 Å². The van der Waals surface area contributed by atoms with Crippen molar-refractivity contribution in [3.63, 3.8) is 0 Å². The lowest BCUT2D eigenvalue weighted by Crippen LogP contribution is -2.47. The number of hydrogen-bond acceptors (Lipinski definition) is 7. The highest BCUT2D eigenvalue weighted by Crippen LogP contribution is 2.42. The number of carbonyl (C=O) groups excluding carboxylic acids is 1. The fraction of sp³-hybridized carbons (Fsp3) is 0.577. The monoisotopic (exact) mass is 580 g/mol. The van der Waals surface area contributed by atoms with Gasteiger partial charge in [0, 0.05) is 56.6 Å². The predicted octanol–water partition coefficient (Wildman–Crippen LogP) is 4.04. The topological polar surface area (TPSA) is 98.7 Å². The van der Waals surface area contributed by atoms with Crippen LogP contribution in [0.3, 0.4) is 0 Å². The maximum atomic E-state index is 13.4. The van der Waals surface area contributed by atoms with Gasteiger partial charge in [-0.1, -0.05) is 23.2 Å². The van der Waals surface area contributed by atoms with Crippen LogP contribution in [0.2, 0.25) is 10.0 Å². The Morgan fingerprint density at radius 2 is 1.74 bits per heavy atom. The molecule has 3 atom stereocenters. The lowest BCUT2D eigenvalue weighted by Gasteiger charge is -2.37. The van der Waals surface area contributed by atoms with Gasteiger partial charge in [-0.25, -0.2) is 22.7 Å². The van der Waals surface area contributed by atoms with Gasteiger partial charge in [0.2, 0.25) is 10.0 Å². The maximum Gasteiger partial charge on any atom is 0.272 e. The third-order valence-electron chi connectivity index (χ3n) is 8.53. The van der Waals surface area contributed by atoms with Gasteiger partial charge in [0.25, 0.3) is 5.91 Å². The number of halogens is 2. The van der Waals surface area contributed by atoms with Gasteiger partial charge >= 0.3 is 0 Å². The van der Waals surface area contributed by atoms with Crippen molar-refractivity contribution in [2.45, 2.75) is 44.7 Å². The molecule has 9 nitrogen and oxygen atoms in total. The number of nitrogens with one attached hydrogen (secondary N) is 1. The summed E-state index contributed by atoms with van der Waals surface area (Å²) in [7, 11) is -1.45. The van der Waals surface area contributed by atoms with Crippen LogP contribution in [0.15, 0.2) is 24.5 Å².